The zero-order valence-corrected chi connectivity index (χ0v) is 16.0. The number of carbonyl (C=O) groups excluding carboxylic acids is 1. The number of hydrogen-bond donors (Lipinski definition) is 1. The van der Waals surface area contributed by atoms with Crippen molar-refractivity contribution in [2.24, 2.45) is 0 Å². The molecule has 3 aromatic rings. The van der Waals surface area contributed by atoms with Crippen LogP contribution in [0.2, 0.25) is 0 Å². The molecule has 0 unspecified atom stereocenters. The van der Waals surface area contributed by atoms with Crippen LogP contribution in [-0.2, 0) is 6.18 Å². The Hall–Kier alpha value is -2.86. The molecular formula is C22H17F3O2S. The van der Waals surface area contributed by atoms with Crippen molar-refractivity contribution in [3.8, 4) is 16.9 Å². The second kappa shape index (κ2) is 7.64. The monoisotopic (exact) mass is 402 g/mol. The van der Waals surface area contributed by atoms with Crippen LogP contribution in [0.1, 0.15) is 31.2 Å². The van der Waals surface area contributed by atoms with E-state index in [1.807, 2.05) is 0 Å². The molecule has 28 heavy (non-hydrogen) atoms. The topological polar surface area (TPSA) is 37.3 Å². The number of ketones is 1. The number of thiophene rings is 1. The summed E-state index contributed by atoms with van der Waals surface area (Å²) in [7, 11) is 0. The highest BCUT2D eigenvalue weighted by Gasteiger charge is 2.36. The molecule has 0 radical (unpaired) electrons. The van der Waals surface area contributed by atoms with Crippen molar-refractivity contribution >= 4 is 23.2 Å². The summed E-state index contributed by atoms with van der Waals surface area (Å²) in [6.07, 6.45) is -1.82. The maximum Gasteiger partial charge on any atom is 0.426 e. The van der Waals surface area contributed by atoms with E-state index in [1.165, 1.54) is 18.2 Å². The fourth-order valence-corrected chi connectivity index (χ4v) is 3.84. The summed E-state index contributed by atoms with van der Waals surface area (Å²) in [6, 6.07) is 12.9. The quantitative estimate of drug-likeness (QED) is 0.392. The third-order valence-corrected chi connectivity index (χ3v) is 5.41. The molecule has 0 saturated carbocycles. The van der Waals surface area contributed by atoms with Crippen molar-refractivity contribution in [2.75, 3.05) is 0 Å². The molecule has 1 N–H and O–H groups in total. The van der Waals surface area contributed by atoms with Gasteiger partial charge in [-0.3, -0.25) is 4.79 Å². The molecule has 1 heterocycles. The van der Waals surface area contributed by atoms with Crippen LogP contribution < -0.4 is 0 Å². The van der Waals surface area contributed by atoms with Crippen LogP contribution in [0, 0.1) is 13.8 Å². The lowest BCUT2D eigenvalue weighted by Gasteiger charge is -2.07. The van der Waals surface area contributed by atoms with Gasteiger partial charge >= 0.3 is 6.18 Å². The Morgan fingerprint density at radius 1 is 1.04 bits per heavy atom. The van der Waals surface area contributed by atoms with E-state index >= 15 is 0 Å². The number of benzene rings is 2. The number of rotatable bonds is 4. The van der Waals surface area contributed by atoms with Crippen molar-refractivity contribution in [3.05, 3.63) is 81.1 Å². The number of aromatic hydroxyl groups is 1. The van der Waals surface area contributed by atoms with Gasteiger partial charge in [0.25, 0.3) is 0 Å². The first-order valence-electron chi connectivity index (χ1n) is 8.46. The first-order valence-corrected chi connectivity index (χ1v) is 9.27. The zero-order chi connectivity index (χ0) is 20.5. The minimum Gasteiger partial charge on any atom is -0.507 e. The maximum atomic E-state index is 13.4. The lowest BCUT2D eigenvalue weighted by atomic mass is 10.0. The van der Waals surface area contributed by atoms with Gasteiger partial charge in [0.1, 0.15) is 10.6 Å². The highest BCUT2D eigenvalue weighted by atomic mass is 32.1. The average Bonchev–Trinajstić information content (AvgIpc) is 3.09. The molecule has 0 spiro atoms. The third-order valence-electron chi connectivity index (χ3n) is 4.27. The standard InChI is InChI=1S/C22H17F3O2S/c1-13-10-16(11-14(2)20(13)27)19(26)9-8-17-12-18(15-6-4-3-5-7-15)21(28-17)22(23,24)25/h3-12,27H,1-2H3. The normalized spacial score (nSPS) is 11.9. The third kappa shape index (κ3) is 4.17. The average molecular weight is 402 g/mol. The van der Waals surface area contributed by atoms with E-state index in [-0.39, 0.29) is 17.1 Å². The van der Waals surface area contributed by atoms with Crippen LogP contribution in [-0.4, -0.2) is 10.9 Å². The Balaban J connectivity index is 1.94. The molecule has 0 amide bonds. The van der Waals surface area contributed by atoms with Crippen molar-refractivity contribution < 1.29 is 23.1 Å². The molecule has 0 saturated heterocycles. The van der Waals surface area contributed by atoms with Crippen molar-refractivity contribution in [1.82, 2.24) is 0 Å². The molecule has 3 rings (SSSR count). The van der Waals surface area contributed by atoms with Crippen molar-refractivity contribution in [3.63, 3.8) is 0 Å². The second-order valence-electron chi connectivity index (χ2n) is 6.41. The molecule has 2 aromatic carbocycles. The summed E-state index contributed by atoms with van der Waals surface area (Å²) in [5.74, 6) is -0.212. The summed E-state index contributed by atoms with van der Waals surface area (Å²) in [5, 5.41) is 9.80. The van der Waals surface area contributed by atoms with Gasteiger partial charge in [0.05, 0.1) is 0 Å². The van der Waals surface area contributed by atoms with Gasteiger partial charge in [0.15, 0.2) is 5.78 Å². The van der Waals surface area contributed by atoms with Crippen LogP contribution in [0.3, 0.4) is 0 Å². The molecule has 0 atom stereocenters. The summed E-state index contributed by atoms with van der Waals surface area (Å²) in [6.45, 7) is 3.37. The van der Waals surface area contributed by atoms with Gasteiger partial charge in [-0.25, -0.2) is 0 Å². The Kier molecular flexibility index (Phi) is 5.42. The van der Waals surface area contributed by atoms with Crippen molar-refractivity contribution in [1.29, 1.82) is 0 Å². The highest BCUT2D eigenvalue weighted by Crippen LogP contribution is 2.43. The van der Waals surface area contributed by atoms with E-state index in [4.69, 9.17) is 0 Å². The Morgan fingerprint density at radius 2 is 1.64 bits per heavy atom. The fraction of sp³-hybridized carbons (Fsp3) is 0.136. The summed E-state index contributed by atoms with van der Waals surface area (Å²) < 4.78 is 40.3. The minimum absolute atomic E-state index is 0.0986. The van der Waals surface area contributed by atoms with Gasteiger partial charge < -0.3 is 5.11 Å². The van der Waals surface area contributed by atoms with Crippen LogP contribution in [0.15, 0.2) is 54.6 Å². The number of carbonyl (C=O) groups is 1. The number of aryl methyl sites for hydroxylation is 2. The number of alkyl halides is 3. The maximum absolute atomic E-state index is 13.4. The van der Waals surface area contributed by atoms with Crippen LogP contribution >= 0.6 is 11.3 Å². The van der Waals surface area contributed by atoms with Gasteiger partial charge in [0.2, 0.25) is 0 Å². The Labute approximate surface area is 164 Å². The Bertz CT molecular complexity index is 1020. The highest BCUT2D eigenvalue weighted by molar-refractivity contribution is 7.13. The van der Waals surface area contributed by atoms with Gasteiger partial charge in [-0.15, -0.1) is 11.3 Å². The molecule has 1 aromatic heterocycles. The summed E-state index contributed by atoms with van der Waals surface area (Å²) >= 11 is 0.603. The summed E-state index contributed by atoms with van der Waals surface area (Å²) in [5.41, 5.74) is 2.08. The van der Waals surface area contributed by atoms with Crippen molar-refractivity contribution in [2.45, 2.75) is 20.0 Å². The first kappa shape index (κ1) is 19.9. The second-order valence-corrected chi connectivity index (χ2v) is 7.50. The molecule has 2 nitrogen and oxygen atoms in total. The van der Waals surface area contributed by atoms with Crippen LogP contribution in [0.5, 0.6) is 5.75 Å². The predicted octanol–water partition coefficient (Wildman–Crippen LogP) is 6.65. The number of phenols is 1. The number of halogens is 3. The molecule has 0 fully saturated rings. The van der Waals surface area contributed by atoms with E-state index in [0.717, 1.165) is 0 Å². The largest absolute Gasteiger partial charge is 0.507 e. The molecule has 0 aliphatic carbocycles. The van der Waals surface area contributed by atoms with E-state index in [9.17, 15) is 23.1 Å². The van der Waals surface area contributed by atoms with Crippen LogP contribution in [0.4, 0.5) is 13.2 Å². The zero-order valence-electron chi connectivity index (χ0n) is 15.2. The van der Waals surface area contributed by atoms with E-state index < -0.39 is 11.1 Å². The molecule has 144 valence electrons. The number of phenolic OH excluding ortho intramolecular Hbond substituents is 1. The first-order chi connectivity index (χ1) is 13.2. The number of hydrogen-bond acceptors (Lipinski definition) is 3. The molecule has 0 aliphatic heterocycles. The molecule has 6 heteroatoms. The van der Waals surface area contributed by atoms with Gasteiger partial charge in [-0.2, -0.15) is 13.2 Å². The SMILES string of the molecule is Cc1cc(C(=O)C=Cc2cc(-c3ccccc3)c(C(F)(F)F)s2)cc(C)c1O. The minimum atomic E-state index is -4.48. The predicted molar refractivity (Wildman–Crippen MR) is 106 cm³/mol. The Morgan fingerprint density at radius 3 is 2.21 bits per heavy atom. The van der Waals surface area contributed by atoms with E-state index in [0.29, 0.717) is 38.5 Å². The molecule has 0 aliphatic rings. The van der Waals surface area contributed by atoms with Gasteiger partial charge in [0, 0.05) is 16.0 Å². The number of allylic oxidation sites excluding steroid dienone is 1. The van der Waals surface area contributed by atoms with E-state index in [2.05, 4.69) is 0 Å². The molecule has 0 bridgehead atoms. The summed E-state index contributed by atoms with van der Waals surface area (Å²) in [4.78, 5) is 12.1. The molecular weight excluding hydrogens is 385 g/mol. The van der Waals surface area contributed by atoms with Crippen LogP contribution in [0.25, 0.3) is 17.2 Å². The lowest BCUT2D eigenvalue weighted by molar-refractivity contribution is -0.133. The van der Waals surface area contributed by atoms with E-state index in [1.54, 1.807) is 56.3 Å². The lowest BCUT2D eigenvalue weighted by Crippen LogP contribution is -2.03. The van der Waals surface area contributed by atoms with Gasteiger partial charge in [-0.1, -0.05) is 30.3 Å². The smallest absolute Gasteiger partial charge is 0.426 e. The van der Waals surface area contributed by atoms with Gasteiger partial charge in [-0.05, 0) is 60.9 Å². The fourth-order valence-electron chi connectivity index (χ4n) is 2.89.